The molecule has 0 amide bonds. The Morgan fingerprint density at radius 3 is 2.74 bits per heavy atom. The van der Waals surface area contributed by atoms with Crippen LogP contribution in [0.2, 0.25) is 0 Å². The molecule has 0 saturated heterocycles. The second kappa shape index (κ2) is 5.80. The summed E-state index contributed by atoms with van der Waals surface area (Å²) < 4.78 is 18.7. The van der Waals surface area contributed by atoms with Gasteiger partial charge in [0.25, 0.3) is 0 Å². The normalized spacial score (nSPS) is 10.2. The minimum Gasteiger partial charge on any atom is -0.489 e. The zero-order valence-corrected chi connectivity index (χ0v) is 11.3. The Balaban J connectivity index is 2.15. The Morgan fingerprint density at radius 2 is 2.05 bits per heavy atom. The molecule has 2 aromatic carbocycles. The summed E-state index contributed by atoms with van der Waals surface area (Å²) in [6.45, 7) is 2.24. The van der Waals surface area contributed by atoms with Gasteiger partial charge in [0.05, 0.1) is 0 Å². The smallest absolute Gasteiger partial charge is 0.123 e. The lowest BCUT2D eigenvalue weighted by Gasteiger charge is -2.10. The summed E-state index contributed by atoms with van der Waals surface area (Å²) in [5.41, 5.74) is 8.11. The number of halogens is 1. The van der Waals surface area contributed by atoms with Crippen LogP contribution in [-0.2, 0) is 6.61 Å². The molecule has 2 rings (SSSR count). The zero-order valence-electron chi connectivity index (χ0n) is 10.5. The van der Waals surface area contributed by atoms with Crippen LogP contribution in [0.25, 0.3) is 0 Å². The summed E-state index contributed by atoms with van der Waals surface area (Å²) in [7, 11) is 0. The van der Waals surface area contributed by atoms with Crippen molar-refractivity contribution in [2.75, 3.05) is 0 Å². The molecule has 19 heavy (non-hydrogen) atoms. The lowest BCUT2D eigenvalue weighted by Crippen LogP contribution is -2.09. The minimum absolute atomic E-state index is 0.269. The monoisotopic (exact) mass is 275 g/mol. The largest absolute Gasteiger partial charge is 0.489 e. The highest BCUT2D eigenvalue weighted by Gasteiger charge is 2.04. The summed E-state index contributed by atoms with van der Waals surface area (Å²) in [5.74, 6) is 0.435. The predicted molar refractivity (Wildman–Crippen MR) is 77.8 cm³/mol. The molecule has 98 valence electrons. The fraction of sp³-hybridized carbons (Fsp3) is 0.133. The van der Waals surface area contributed by atoms with Crippen LogP contribution in [0.5, 0.6) is 5.75 Å². The highest BCUT2D eigenvalue weighted by atomic mass is 32.1. The molecule has 0 bridgehead atoms. The van der Waals surface area contributed by atoms with E-state index in [0.29, 0.717) is 17.3 Å². The molecule has 0 aliphatic heterocycles. The van der Waals surface area contributed by atoms with Crippen LogP contribution >= 0.6 is 12.2 Å². The Kier molecular flexibility index (Phi) is 4.12. The fourth-order valence-electron chi connectivity index (χ4n) is 1.70. The van der Waals surface area contributed by atoms with E-state index < -0.39 is 0 Å². The molecular weight excluding hydrogens is 261 g/mol. The van der Waals surface area contributed by atoms with Gasteiger partial charge in [-0.3, -0.25) is 0 Å². The molecular formula is C15H14FNOS. The van der Waals surface area contributed by atoms with Gasteiger partial charge in [0.15, 0.2) is 0 Å². The number of aryl methyl sites for hydroxylation is 1. The standard InChI is InChI=1S/C15H14FNOS/c1-10-5-6-12(15(17)19)8-14(10)18-9-11-3-2-4-13(16)7-11/h2-8H,9H2,1H3,(H2,17,19). The summed E-state index contributed by atoms with van der Waals surface area (Å²) in [6.07, 6.45) is 0. The molecule has 4 heteroatoms. The second-order valence-electron chi connectivity index (χ2n) is 4.26. The van der Waals surface area contributed by atoms with Crippen molar-refractivity contribution in [1.29, 1.82) is 0 Å². The maximum atomic E-state index is 13.1. The van der Waals surface area contributed by atoms with Crippen LogP contribution in [0, 0.1) is 12.7 Å². The van der Waals surface area contributed by atoms with Gasteiger partial charge in [-0.15, -0.1) is 0 Å². The molecule has 0 atom stereocenters. The topological polar surface area (TPSA) is 35.2 Å². The molecule has 2 nitrogen and oxygen atoms in total. The van der Waals surface area contributed by atoms with Crippen LogP contribution in [0.3, 0.4) is 0 Å². The lowest BCUT2D eigenvalue weighted by atomic mass is 10.1. The summed E-state index contributed by atoms with van der Waals surface area (Å²) in [5, 5.41) is 0. The van der Waals surface area contributed by atoms with E-state index in [1.165, 1.54) is 12.1 Å². The molecule has 0 spiro atoms. The Morgan fingerprint density at radius 1 is 1.26 bits per heavy atom. The fourth-order valence-corrected chi connectivity index (χ4v) is 1.82. The van der Waals surface area contributed by atoms with E-state index in [1.54, 1.807) is 12.1 Å². The Hall–Kier alpha value is -1.94. The van der Waals surface area contributed by atoms with E-state index in [4.69, 9.17) is 22.7 Å². The SMILES string of the molecule is Cc1ccc(C(N)=S)cc1OCc1cccc(F)c1. The number of ether oxygens (including phenoxy) is 1. The van der Waals surface area contributed by atoms with E-state index in [9.17, 15) is 4.39 Å². The third kappa shape index (κ3) is 3.51. The number of benzene rings is 2. The molecule has 0 radical (unpaired) electrons. The first-order chi connectivity index (χ1) is 9.06. The van der Waals surface area contributed by atoms with Crippen molar-refractivity contribution in [3.8, 4) is 5.75 Å². The highest BCUT2D eigenvalue weighted by Crippen LogP contribution is 2.21. The van der Waals surface area contributed by atoms with Gasteiger partial charge in [-0.05, 0) is 36.2 Å². The molecule has 0 unspecified atom stereocenters. The van der Waals surface area contributed by atoms with Gasteiger partial charge in [0.2, 0.25) is 0 Å². The maximum absolute atomic E-state index is 13.1. The molecule has 0 aliphatic carbocycles. The lowest BCUT2D eigenvalue weighted by molar-refractivity contribution is 0.303. The van der Waals surface area contributed by atoms with E-state index in [1.807, 2.05) is 25.1 Å². The summed E-state index contributed by atoms with van der Waals surface area (Å²) >= 11 is 4.93. The molecule has 0 aromatic heterocycles. The van der Waals surface area contributed by atoms with Gasteiger partial charge in [0, 0.05) is 5.56 Å². The van der Waals surface area contributed by atoms with Gasteiger partial charge < -0.3 is 10.5 Å². The van der Waals surface area contributed by atoms with E-state index in [-0.39, 0.29) is 5.82 Å². The van der Waals surface area contributed by atoms with Crippen molar-refractivity contribution >= 4 is 17.2 Å². The minimum atomic E-state index is -0.269. The van der Waals surface area contributed by atoms with E-state index in [2.05, 4.69) is 0 Å². The molecule has 0 aliphatic rings. The highest BCUT2D eigenvalue weighted by molar-refractivity contribution is 7.80. The predicted octanol–water partition coefficient (Wildman–Crippen LogP) is 3.35. The average molecular weight is 275 g/mol. The molecule has 0 saturated carbocycles. The number of nitrogens with two attached hydrogens (primary N) is 1. The first-order valence-corrected chi connectivity index (χ1v) is 6.25. The van der Waals surface area contributed by atoms with Gasteiger partial charge in [-0.1, -0.05) is 36.5 Å². The molecule has 0 heterocycles. The number of rotatable bonds is 4. The van der Waals surface area contributed by atoms with Crippen molar-refractivity contribution in [1.82, 2.24) is 0 Å². The van der Waals surface area contributed by atoms with Crippen molar-refractivity contribution in [2.45, 2.75) is 13.5 Å². The van der Waals surface area contributed by atoms with Crippen molar-refractivity contribution in [3.63, 3.8) is 0 Å². The number of thiocarbonyl (C=S) groups is 1. The Bertz CT molecular complexity index is 613. The van der Waals surface area contributed by atoms with Gasteiger partial charge in [0.1, 0.15) is 23.2 Å². The summed E-state index contributed by atoms with van der Waals surface area (Å²) in [6, 6.07) is 11.9. The second-order valence-corrected chi connectivity index (χ2v) is 4.70. The van der Waals surface area contributed by atoms with Crippen LogP contribution in [0.15, 0.2) is 42.5 Å². The van der Waals surface area contributed by atoms with Crippen LogP contribution in [0.1, 0.15) is 16.7 Å². The first-order valence-electron chi connectivity index (χ1n) is 5.84. The van der Waals surface area contributed by atoms with Gasteiger partial charge in [-0.2, -0.15) is 0 Å². The molecule has 2 N–H and O–H groups in total. The molecule has 0 fully saturated rings. The first kappa shape index (κ1) is 13.5. The maximum Gasteiger partial charge on any atom is 0.123 e. The number of hydrogen-bond donors (Lipinski definition) is 1. The van der Waals surface area contributed by atoms with Crippen molar-refractivity contribution in [2.24, 2.45) is 5.73 Å². The quantitative estimate of drug-likeness (QED) is 0.869. The van der Waals surface area contributed by atoms with Gasteiger partial charge in [-0.25, -0.2) is 4.39 Å². The van der Waals surface area contributed by atoms with E-state index in [0.717, 1.165) is 16.7 Å². The molecule has 2 aromatic rings. The van der Waals surface area contributed by atoms with Crippen molar-refractivity contribution in [3.05, 3.63) is 65.0 Å². The van der Waals surface area contributed by atoms with Crippen LogP contribution in [-0.4, -0.2) is 4.99 Å². The van der Waals surface area contributed by atoms with Crippen LogP contribution in [0.4, 0.5) is 4.39 Å². The Labute approximate surface area is 117 Å². The average Bonchev–Trinajstić information content (AvgIpc) is 2.37. The van der Waals surface area contributed by atoms with Crippen LogP contribution < -0.4 is 10.5 Å². The third-order valence-corrected chi connectivity index (χ3v) is 2.99. The van der Waals surface area contributed by atoms with Gasteiger partial charge >= 0.3 is 0 Å². The van der Waals surface area contributed by atoms with Crippen molar-refractivity contribution < 1.29 is 9.13 Å². The zero-order chi connectivity index (χ0) is 13.8. The van der Waals surface area contributed by atoms with E-state index >= 15 is 0 Å². The number of hydrogen-bond acceptors (Lipinski definition) is 2. The third-order valence-electron chi connectivity index (χ3n) is 2.76. The summed E-state index contributed by atoms with van der Waals surface area (Å²) in [4.78, 5) is 0.329.